The molecule has 5 rings (SSSR count). The van der Waals surface area contributed by atoms with Gasteiger partial charge in [-0.3, -0.25) is 14.6 Å². The number of nitrogens with zero attached hydrogens (tertiary/aromatic N) is 4. The van der Waals surface area contributed by atoms with Crippen LogP contribution in [0.3, 0.4) is 0 Å². The van der Waals surface area contributed by atoms with Gasteiger partial charge < -0.3 is 14.2 Å². The molecule has 1 amide bonds. The molecule has 1 saturated carbocycles. The number of carbonyl (C=O) groups excluding carboxylic acids is 1. The maximum absolute atomic E-state index is 12.8. The zero-order valence-electron chi connectivity index (χ0n) is 17.0. The van der Waals surface area contributed by atoms with Crippen molar-refractivity contribution in [2.24, 2.45) is 0 Å². The third kappa shape index (κ3) is 3.42. The fourth-order valence-corrected chi connectivity index (χ4v) is 5.12. The fraction of sp³-hybridized carbons (Fsp3) is 0.682. The van der Waals surface area contributed by atoms with Gasteiger partial charge in [-0.1, -0.05) is 12.5 Å². The number of piperazine rings is 1. The van der Waals surface area contributed by atoms with Crippen LogP contribution in [-0.4, -0.2) is 83.7 Å². The van der Waals surface area contributed by atoms with E-state index in [4.69, 9.17) is 4.74 Å². The molecule has 1 unspecified atom stereocenters. The van der Waals surface area contributed by atoms with Crippen LogP contribution in [0.25, 0.3) is 12.2 Å². The highest BCUT2D eigenvalue weighted by atomic mass is 16.5. The third-order valence-electron chi connectivity index (χ3n) is 7.11. The Labute approximate surface area is 167 Å². The summed E-state index contributed by atoms with van der Waals surface area (Å²) in [6, 6.07) is 3.08. The van der Waals surface area contributed by atoms with Gasteiger partial charge in [0.1, 0.15) is 0 Å². The Bertz CT molecular complexity index is 849. The first-order valence-corrected chi connectivity index (χ1v) is 10.9. The molecule has 1 saturated heterocycles. The van der Waals surface area contributed by atoms with Crippen LogP contribution in [0.15, 0.2) is 6.07 Å². The normalized spacial score (nSPS) is 26.0. The second kappa shape index (κ2) is 7.65. The highest BCUT2D eigenvalue weighted by molar-refractivity contribution is 5.78. The Morgan fingerprint density at radius 2 is 1.96 bits per heavy atom. The molecule has 1 aromatic heterocycles. The lowest BCUT2D eigenvalue weighted by molar-refractivity contribution is -0.135. The highest BCUT2D eigenvalue weighted by Crippen LogP contribution is 2.25. The molecule has 1 aromatic rings. The Morgan fingerprint density at radius 1 is 1.14 bits per heavy atom. The molecule has 2 fully saturated rings. The van der Waals surface area contributed by atoms with E-state index < -0.39 is 0 Å². The van der Waals surface area contributed by atoms with Gasteiger partial charge in [-0.15, -0.1) is 0 Å². The highest BCUT2D eigenvalue weighted by Gasteiger charge is 2.30. The first-order valence-electron chi connectivity index (χ1n) is 10.9. The predicted molar refractivity (Wildman–Crippen MR) is 109 cm³/mol. The first kappa shape index (κ1) is 18.4. The van der Waals surface area contributed by atoms with Crippen molar-refractivity contribution in [3.05, 3.63) is 22.3 Å². The van der Waals surface area contributed by atoms with Crippen molar-refractivity contribution < 1.29 is 9.53 Å². The molecule has 4 aliphatic rings. The molecule has 6 heteroatoms. The average Bonchev–Trinajstić information content (AvgIpc) is 3.03. The van der Waals surface area contributed by atoms with Gasteiger partial charge in [0.15, 0.2) is 0 Å². The summed E-state index contributed by atoms with van der Waals surface area (Å²) in [5.74, 6) is 0.301. The Morgan fingerprint density at radius 3 is 2.68 bits per heavy atom. The number of hydrogen-bond donors (Lipinski definition) is 0. The number of rotatable bonds is 4. The molecule has 2 aliphatic carbocycles. The summed E-state index contributed by atoms with van der Waals surface area (Å²) >= 11 is 0. The molecule has 6 nitrogen and oxygen atoms in total. The van der Waals surface area contributed by atoms with Gasteiger partial charge >= 0.3 is 0 Å². The summed E-state index contributed by atoms with van der Waals surface area (Å²) in [7, 11) is 1.77. The minimum absolute atomic E-state index is 0.188. The largest absolute Gasteiger partial charge is 0.377 e. The maximum atomic E-state index is 12.8. The van der Waals surface area contributed by atoms with Crippen LogP contribution >= 0.6 is 0 Å². The van der Waals surface area contributed by atoms with Crippen molar-refractivity contribution in [3.63, 3.8) is 0 Å². The van der Waals surface area contributed by atoms with Crippen molar-refractivity contribution in [2.45, 2.75) is 50.9 Å². The van der Waals surface area contributed by atoms with Crippen molar-refractivity contribution in [2.75, 3.05) is 46.4 Å². The van der Waals surface area contributed by atoms with Crippen molar-refractivity contribution in [1.29, 1.82) is 0 Å². The minimum Gasteiger partial charge on any atom is -0.377 e. The second-order valence-electron chi connectivity index (χ2n) is 8.72. The third-order valence-corrected chi connectivity index (χ3v) is 7.11. The van der Waals surface area contributed by atoms with Crippen LogP contribution in [0.5, 0.6) is 0 Å². The summed E-state index contributed by atoms with van der Waals surface area (Å²) in [6.45, 7) is 7.23. The molecule has 3 heterocycles. The van der Waals surface area contributed by atoms with Gasteiger partial charge in [-0.05, 0) is 36.6 Å². The number of hydrogen-bond acceptors (Lipinski definition) is 4. The molecule has 1 atom stereocenters. The van der Waals surface area contributed by atoms with E-state index in [1.54, 1.807) is 7.11 Å². The van der Waals surface area contributed by atoms with E-state index >= 15 is 0 Å². The van der Waals surface area contributed by atoms with E-state index in [0.29, 0.717) is 12.5 Å². The van der Waals surface area contributed by atoms with Gasteiger partial charge in [-0.25, -0.2) is 0 Å². The SMILES string of the molecule is COC1C=c2cc3n(c2=CC1)CCN(CC(=O)N1CCN(C2CCC2)CC1)C3. The van der Waals surface area contributed by atoms with E-state index in [0.717, 1.165) is 58.3 Å². The Hall–Kier alpha value is -1.63. The monoisotopic (exact) mass is 384 g/mol. The quantitative estimate of drug-likeness (QED) is 0.732. The number of carbonyl (C=O) groups is 1. The summed E-state index contributed by atoms with van der Waals surface area (Å²) in [5, 5.41) is 2.62. The summed E-state index contributed by atoms with van der Waals surface area (Å²) in [5.41, 5.74) is 1.32. The van der Waals surface area contributed by atoms with E-state index in [1.165, 1.54) is 35.5 Å². The topological polar surface area (TPSA) is 41.0 Å². The van der Waals surface area contributed by atoms with Gasteiger partial charge in [-0.2, -0.15) is 0 Å². The zero-order chi connectivity index (χ0) is 19.1. The second-order valence-corrected chi connectivity index (χ2v) is 8.72. The molecule has 2 aliphatic heterocycles. The Balaban J connectivity index is 1.19. The molecule has 28 heavy (non-hydrogen) atoms. The predicted octanol–water partition coefficient (Wildman–Crippen LogP) is -0.0199. The van der Waals surface area contributed by atoms with Crippen molar-refractivity contribution in [1.82, 2.24) is 19.3 Å². The van der Waals surface area contributed by atoms with Crippen LogP contribution < -0.4 is 10.6 Å². The van der Waals surface area contributed by atoms with E-state index in [-0.39, 0.29) is 6.10 Å². The van der Waals surface area contributed by atoms with Gasteiger partial charge in [0.05, 0.1) is 12.6 Å². The van der Waals surface area contributed by atoms with Crippen LogP contribution in [0.1, 0.15) is 31.4 Å². The van der Waals surface area contributed by atoms with E-state index in [2.05, 4.69) is 37.5 Å². The molecular formula is C22H32N4O2. The molecule has 152 valence electrons. The lowest BCUT2D eigenvalue weighted by Gasteiger charge is -2.43. The van der Waals surface area contributed by atoms with Gasteiger partial charge in [0.25, 0.3) is 0 Å². The van der Waals surface area contributed by atoms with Crippen LogP contribution in [0.2, 0.25) is 0 Å². The summed E-state index contributed by atoms with van der Waals surface area (Å²) in [4.78, 5) is 19.8. The lowest BCUT2D eigenvalue weighted by atomic mass is 9.91. The number of aromatic nitrogens is 1. The first-order chi connectivity index (χ1) is 13.7. The van der Waals surface area contributed by atoms with Crippen LogP contribution in [0, 0.1) is 0 Å². The molecule has 0 aromatic carbocycles. The summed E-state index contributed by atoms with van der Waals surface area (Å²) < 4.78 is 7.92. The average molecular weight is 385 g/mol. The number of ether oxygens (including phenoxy) is 1. The zero-order valence-corrected chi connectivity index (χ0v) is 17.0. The molecule has 0 bridgehead atoms. The fourth-order valence-electron chi connectivity index (χ4n) is 5.12. The molecule has 0 radical (unpaired) electrons. The number of amides is 1. The molecule has 0 N–H and O–H groups in total. The lowest BCUT2D eigenvalue weighted by Crippen LogP contribution is -2.55. The maximum Gasteiger partial charge on any atom is 0.236 e. The van der Waals surface area contributed by atoms with Gasteiger partial charge in [0, 0.05) is 70.0 Å². The van der Waals surface area contributed by atoms with Crippen molar-refractivity contribution in [3.8, 4) is 0 Å². The number of fused-ring (bicyclic) bond motifs is 3. The van der Waals surface area contributed by atoms with E-state index in [9.17, 15) is 4.79 Å². The number of methoxy groups -OCH3 is 1. The standard InChI is InChI=1S/C22H32N4O2/c1-28-20-5-6-21-17(14-20)13-19-15-23(7-12-26(19)21)16-22(27)25-10-8-24(9-11-25)18-3-2-4-18/h6,13-14,18,20H,2-5,7-12,15-16H2,1H3. The van der Waals surface area contributed by atoms with Crippen molar-refractivity contribution >= 4 is 18.1 Å². The van der Waals surface area contributed by atoms with Crippen LogP contribution in [-0.2, 0) is 22.6 Å². The molecule has 0 spiro atoms. The molecular weight excluding hydrogens is 352 g/mol. The Kier molecular flexibility index (Phi) is 5.03. The minimum atomic E-state index is 0.188. The smallest absolute Gasteiger partial charge is 0.236 e. The van der Waals surface area contributed by atoms with Gasteiger partial charge in [0.2, 0.25) is 5.91 Å². The van der Waals surface area contributed by atoms with Crippen LogP contribution in [0.4, 0.5) is 0 Å². The van der Waals surface area contributed by atoms with E-state index in [1.807, 2.05) is 0 Å². The summed E-state index contributed by atoms with van der Waals surface area (Å²) in [6.07, 6.45) is 9.76.